The molecular weight excluding hydrogens is 831 g/mol. The smallest absolute Gasteiger partial charge is 0.407 e. The Kier molecular flexibility index (Phi) is 15.5. The van der Waals surface area contributed by atoms with Crippen molar-refractivity contribution in [2.75, 3.05) is 27.3 Å². The van der Waals surface area contributed by atoms with Gasteiger partial charge in [-0.3, -0.25) is 9.59 Å². The van der Waals surface area contributed by atoms with Gasteiger partial charge >= 0.3 is 12.2 Å². The van der Waals surface area contributed by atoms with Gasteiger partial charge in [0.05, 0.1) is 43.5 Å². The molecule has 0 radical (unpaired) electrons. The van der Waals surface area contributed by atoms with Crippen LogP contribution in [0.2, 0.25) is 0 Å². The van der Waals surface area contributed by atoms with E-state index in [-0.39, 0.29) is 60.5 Å². The van der Waals surface area contributed by atoms with E-state index in [1.165, 1.54) is 14.2 Å². The summed E-state index contributed by atoms with van der Waals surface area (Å²) in [6, 6.07) is 16.4. The van der Waals surface area contributed by atoms with Gasteiger partial charge in [-0.15, -0.1) is 24.8 Å². The summed E-state index contributed by atoms with van der Waals surface area (Å²) in [5.41, 5.74) is 5.14. The Hall–Kier alpha value is -6.22. The van der Waals surface area contributed by atoms with Gasteiger partial charge in [-0.25, -0.2) is 19.6 Å². The maximum Gasteiger partial charge on any atom is 0.407 e. The minimum absolute atomic E-state index is 0. The molecule has 14 nitrogen and oxygen atoms in total. The lowest BCUT2D eigenvalue weighted by Crippen LogP contribution is -2.51. The highest BCUT2D eigenvalue weighted by molar-refractivity contribution is 6.01. The number of carbonyl (C=O) groups is 4. The van der Waals surface area contributed by atoms with Crippen LogP contribution in [0.15, 0.2) is 60.8 Å². The summed E-state index contributed by atoms with van der Waals surface area (Å²) in [7, 11) is 2.57. The van der Waals surface area contributed by atoms with Gasteiger partial charge in [-0.1, -0.05) is 70.0 Å². The highest BCUT2D eigenvalue weighted by Gasteiger charge is 2.39. The lowest BCUT2D eigenvalue weighted by atomic mass is 9.95. The fourth-order valence-corrected chi connectivity index (χ4v) is 8.18. The van der Waals surface area contributed by atoms with Gasteiger partial charge in [0.25, 0.3) is 0 Å². The first kappa shape index (κ1) is 46.8. The number of nitrogens with zero attached hydrogens (tertiary/aromatic N) is 4. The van der Waals surface area contributed by atoms with Crippen LogP contribution in [0.5, 0.6) is 0 Å². The maximum atomic E-state index is 13.7. The van der Waals surface area contributed by atoms with Crippen molar-refractivity contribution in [1.82, 2.24) is 40.4 Å². The zero-order valence-corrected chi connectivity index (χ0v) is 37.2. The van der Waals surface area contributed by atoms with E-state index in [0.29, 0.717) is 24.6 Å². The molecular formula is C46H52Cl2N8O6. The van der Waals surface area contributed by atoms with Gasteiger partial charge in [-0.2, -0.15) is 0 Å². The Bertz CT molecular complexity index is 2570. The normalized spacial score (nSPS) is 16.6. The third-order valence-electron chi connectivity index (χ3n) is 11.3. The number of carbonyl (C=O) groups excluding carboxylic acids is 4. The number of imidazole rings is 2. The molecule has 0 aliphatic carbocycles. The number of hydrogen-bond acceptors (Lipinski definition) is 8. The van der Waals surface area contributed by atoms with E-state index in [9.17, 15) is 19.2 Å². The number of H-pyrrole nitrogens is 2. The van der Waals surface area contributed by atoms with Gasteiger partial charge < -0.3 is 39.9 Å². The van der Waals surface area contributed by atoms with Gasteiger partial charge in [0.15, 0.2) is 0 Å². The van der Waals surface area contributed by atoms with E-state index >= 15 is 0 Å². The fourth-order valence-electron chi connectivity index (χ4n) is 8.18. The molecule has 4 heterocycles. The lowest BCUT2D eigenvalue weighted by molar-refractivity contribution is -0.136. The van der Waals surface area contributed by atoms with Crippen LogP contribution in [-0.2, 0) is 19.1 Å². The lowest BCUT2D eigenvalue weighted by Gasteiger charge is -2.29. The molecule has 2 aromatic heterocycles. The van der Waals surface area contributed by atoms with Crippen LogP contribution in [0.4, 0.5) is 9.59 Å². The first-order valence-corrected chi connectivity index (χ1v) is 20.4. The van der Waals surface area contributed by atoms with Crippen LogP contribution in [0, 0.1) is 35.5 Å². The van der Waals surface area contributed by atoms with Crippen molar-refractivity contribution >= 4 is 70.6 Å². The number of amides is 4. The summed E-state index contributed by atoms with van der Waals surface area (Å²) in [6.45, 7) is 8.71. The summed E-state index contributed by atoms with van der Waals surface area (Å²) < 4.78 is 9.52. The number of likely N-dealkylation sites (tertiary alicyclic amines) is 2. The number of aromatic nitrogens is 4. The number of rotatable bonds is 9. The van der Waals surface area contributed by atoms with Crippen molar-refractivity contribution < 1.29 is 28.7 Å². The number of hydrogen-bond donors (Lipinski definition) is 4. The fraction of sp³-hybridized carbons (Fsp3) is 0.391. The zero-order valence-electron chi connectivity index (χ0n) is 35.5. The SMILES string of the molecule is COC(=O)N[C@H](C(=O)N1CCC[C@H]1c1ncc(C#CC#Cc2cccc3c(-c4ccc5nc([C@@H]6CCCN6C(=O)[C@@H](NC(=O)OC)C(C)C)[nH]c5c4)cccc23)[nH]1)C(C)C.Cl.Cl. The summed E-state index contributed by atoms with van der Waals surface area (Å²) >= 11 is 0. The number of nitrogens with one attached hydrogen (secondary N) is 4. The Morgan fingerprint density at radius 2 is 1.32 bits per heavy atom. The summed E-state index contributed by atoms with van der Waals surface area (Å²) in [4.78, 5) is 71.0. The minimum Gasteiger partial charge on any atom is -0.453 e. The molecule has 2 aliphatic heterocycles. The van der Waals surface area contributed by atoms with Crippen molar-refractivity contribution in [2.45, 2.75) is 77.5 Å². The van der Waals surface area contributed by atoms with Crippen molar-refractivity contribution in [2.24, 2.45) is 11.8 Å². The highest BCUT2D eigenvalue weighted by atomic mass is 35.5. The van der Waals surface area contributed by atoms with E-state index < -0.39 is 24.3 Å². The van der Waals surface area contributed by atoms with Crippen molar-refractivity contribution in [3.8, 4) is 34.8 Å². The number of aromatic amines is 2. The molecule has 4 amide bonds. The van der Waals surface area contributed by atoms with Crippen LogP contribution in [-0.4, -0.2) is 93.1 Å². The van der Waals surface area contributed by atoms with Crippen LogP contribution >= 0.6 is 24.8 Å². The summed E-state index contributed by atoms with van der Waals surface area (Å²) in [5, 5.41) is 7.41. The average molecular weight is 884 g/mol. The maximum absolute atomic E-state index is 13.7. The number of halogens is 2. The van der Waals surface area contributed by atoms with Gasteiger partial charge in [0.1, 0.15) is 29.4 Å². The third-order valence-corrected chi connectivity index (χ3v) is 11.3. The number of alkyl carbamates (subject to hydrolysis) is 2. The van der Waals surface area contributed by atoms with Crippen molar-refractivity contribution in [1.29, 1.82) is 0 Å². The van der Waals surface area contributed by atoms with Crippen LogP contribution in [0.25, 0.3) is 32.9 Å². The molecule has 16 heteroatoms. The molecule has 5 aromatic rings. The van der Waals surface area contributed by atoms with E-state index in [0.717, 1.165) is 70.0 Å². The predicted molar refractivity (Wildman–Crippen MR) is 242 cm³/mol. The topological polar surface area (TPSA) is 175 Å². The van der Waals surface area contributed by atoms with Crippen LogP contribution < -0.4 is 10.6 Å². The predicted octanol–water partition coefficient (Wildman–Crippen LogP) is 7.44. The first-order valence-electron chi connectivity index (χ1n) is 20.4. The van der Waals surface area contributed by atoms with Crippen molar-refractivity contribution in [3.63, 3.8) is 0 Å². The molecule has 2 fully saturated rings. The molecule has 0 spiro atoms. The number of fused-ring (bicyclic) bond motifs is 2. The molecule has 3 aromatic carbocycles. The first-order chi connectivity index (χ1) is 29.0. The second-order valence-electron chi connectivity index (χ2n) is 15.8. The molecule has 7 rings (SSSR count). The van der Waals surface area contributed by atoms with E-state index in [2.05, 4.69) is 79.6 Å². The number of ether oxygens (including phenoxy) is 2. The van der Waals surface area contributed by atoms with Gasteiger partial charge in [-0.05, 0) is 95.4 Å². The minimum atomic E-state index is -0.711. The summed E-state index contributed by atoms with van der Waals surface area (Å²) in [6.07, 6.45) is 3.54. The van der Waals surface area contributed by atoms with Crippen molar-refractivity contribution in [3.05, 3.63) is 83.7 Å². The van der Waals surface area contributed by atoms with E-state index in [1.807, 2.05) is 56.9 Å². The zero-order chi connectivity index (χ0) is 42.5. The molecule has 4 N–H and O–H groups in total. The number of methoxy groups -OCH3 is 2. The Morgan fingerprint density at radius 1 is 0.742 bits per heavy atom. The average Bonchev–Trinajstić information content (AvgIpc) is 4.09. The molecule has 62 heavy (non-hydrogen) atoms. The standard InChI is InChI=1S/C46H50N8O6.2ClH/c1-27(2)39(51-45(57)59-5)43(55)53-23-11-19-37(53)41-47-26-31(48-41)15-8-7-13-29-14-9-18-34-32(29)16-10-17-33(34)30-21-22-35-36(25-30)50-42(49-35)38-20-12-24-54(38)44(56)40(28(3)4)52-46(58)60-6;;/h9-10,14,16-18,21-22,25-28,37-40H,11-12,19-20,23-24H2,1-6H3,(H,47,48)(H,49,50)(H,51,57)(H,52,58);2*1H/t37-,38-,39-,40-;;/m0../s1. The Balaban J connectivity index is 0.00000363. The van der Waals surface area contributed by atoms with E-state index in [1.54, 1.807) is 11.1 Å². The molecule has 0 unspecified atom stereocenters. The summed E-state index contributed by atoms with van der Waals surface area (Å²) in [5.74, 6) is 13.1. The van der Waals surface area contributed by atoms with Crippen LogP contribution in [0.1, 0.15) is 88.4 Å². The second-order valence-corrected chi connectivity index (χ2v) is 15.8. The van der Waals surface area contributed by atoms with Crippen LogP contribution in [0.3, 0.4) is 0 Å². The molecule has 326 valence electrons. The quantitative estimate of drug-likeness (QED) is 0.111. The third kappa shape index (κ3) is 9.94. The molecule has 2 aliphatic rings. The molecule has 0 saturated carbocycles. The van der Waals surface area contributed by atoms with Gasteiger partial charge in [0, 0.05) is 18.7 Å². The molecule has 2 saturated heterocycles. The Labute approximate surface area is 373 Å². The largest absolute Gasteiger partial charge is 0.453 e. The molecule has 0 bridgehead atoms. The Morgan fingerprint density at radius 3 is 1.94 bits per heavy atom. The van der Waals surface area contributed by atoms with E-state index in [4.69, 9.17) is 14.5 Å². The number of benzene rings is 3. The molecule has 4 atom stereocenters. The van der Waals surface area contributed by atoms with Gasteiger partial charge in [0.2, 0.25) is 11.8 Å². The highest BCUT2D eigenvalue weighted by Crippen LogP contribution is 2.36. The monoisotopic (exact) mass is 882 g/mol. The second kappa shape index (κ2) is 20.6.